The lowest BCUT2D eigenvalue weighted by Gasteiger charge is -2.19. The summed E-state index contributed by atoms with van der Waals surface area (Å²) in [5.41, 5.74) is 11.0. The largest absolute Gasteiger partial charge is 0.309 e. The van der Waals surface area contributed by atoms with Crippen molar-refractivity contribution in [2.24, 2.45) is 0 Å². The van der Waals surface area contributed by atoms with E-state index in [-0.39, 0.29) is 5.41 Å². The van der Waals surface area contributed by atoms with Crippen molar-refractivity contribution in [2.45, 2.75) is 26.2 Å². The van der Waals surface area contributed by atoms with Crippen LogP contribution in [0, 0.1) is 0 Å². The molecule has 0 atom stereocenters. The Morgan fingerprint density at radius 3 is 1.19 bits per heavy atom. The zero-order valence-electron chi connectivity index (χ0n) is 29.9. The molecule has 0 radical (unpaired) electrons. The maximum atomic E-state index is 5.00. The minimum atomic E-state index is 0.0489. The van der Waals surface area contributed by atoms with Crippen LogP contribution in [0.2, 0.25) is 0 Å². The van der Waals surface area contributed by atoms with E-state index in [1.807, 2.05) is 0 Å². The summed E-state index contributed by atoms with van der Waals surface area (Å²) in [5.74, 6) is 1.57. The van der Waals surface area contributed by atoms with E-state index < -0.39 is 0 Å². The van der Waals surface area contributed by atoms with Gasteiger partial charge in [0.15, 0.2) is 11.6 Å². The van der Waals surface area contributed by atoms with Crippen LogP contribution in [0.4, 0.5) is 0 Å². The Balaban J connectivity index is 1.29. The summed E-state index contributed by atoms with van der Waals surface area (Å²) in [6, 6.07) is 60.8. The van der Waals surface area contributed by atoms with E-state index in [0.29, 0.717) is 0 Å². The number of para-hydroxylation sites is 5. The number of benzene rings is 7. The van der Waals surface area contributed by atoms with Crippen LogP contribution in [-0.4, -0.2) is 23.9 Å². The maximum absolute atomic E-state index is 5.00. The van der Waals surface area contributed by atoms with Crippen LogP contribution >= 0.6 is 0 Å². The molecule has 7 aromatic carbocycles. The minimum absolute atomic E-state index is 0.0489. The lowest BCUT2D eigenvalue weighted by Crippen LogP contribution is -2.10. The molecule has 0 fully saturated rings. The van der Waals surface area contributed by atoms with Crippen molar-refractivity contribution in [3.8, 4) is 39.8 Å². The molecule has 0 aliphatic carbocycles. The Bertz CT molecular complexity index is 2730. The third-order valence-corrected chi connectivity index (χ3v) is 10.5. The third kappa shape index (κ3) is 5.00. The SMILES string of the molecule is CC(C)(C)c1ccc(-c2nnc(-c3cc(-n4c5ccccc5c5ccccc54)cc(-n4c5ccccc5c5ccccc54)c3)n2-c2ccccc2)cc1. The van der Waals surface area contributed by atoms with Gasteiger partial charge in [-0.3, -0.25) is 4.57 Å². The highest BCUT2D eigenvalue weighted by molar-refractivity contribution is 6.10. The van der Waals surface area contributed by atoms with Crippen molar-refractivity contribution in [2.75, 3.05) is 0 Å². The van der Waals surface area contributed by atoms with Gasteiger partial charge in [-0.15, -0.1) is 10.2 Å². The summed E-state index contributed by atoms with van der Waals surface area (Å²) in [7, 11) is 0. The molecule has 0 unspecified atom stereocenters. The van der Waals surface area contributed by atoms with E-state index >= 15 is 0 Å². The van der Waals surface area contributed by atoms with Gasteiger partial charge in [-0.25, -0.2) is 0 Å². The van der Waals surface area contributed by atoms with Crippen molar-refractivity contribution in [3.63, 3.8) is 0 Å². The van der Waals surface area contributed by atoms with Gasteiger partial charge in [-0.05, 0) is 65.6 Å². The molecule has 53 heavy (non-hydrogen) atoms. The molecule has 0 aliphatic rings. The summed E-state index contributed by atoms with van der Waals surface area (Å²) in [6.07, 6.45) is 0. The molecule has 10 aromatic rings. The van der Waals surface area contributed by atoms with Crippen LogP contribution < -0.4 is 0 Å². The summed E-state index contributed by atoms with van der Waals surface area (Å²) < 4.78 is 6.98. The standard InChI is InChI=1S/C48H37N5/c1-48(2,3)34-27-25-32(26-28-34)46-49-50-47(53(46)35-15-5-4-6-16-35)33-29-36(51-42-21-11-7-17-38(42)39-18-8-12-22-43(39)51)31-37(30-33)52-44-23-13-9-19-40(44)41-20-10-14-24-45(41)52/h4-31H,1-3H3. The Morgan fingerprint density at radius 2 is 0.755 bits per heavy atom. The minimum Gasteiger partial charge on any atom is -0.309 e. The molecule has 10 rings (SSSR count). The number of aromatic nitrogens is 5. The summed E-state index contributed by atoms with van der Waals surface area (Å²) in [6.45, 7) is 6.72. The van der Waals surface area contributed by atoms with E-state index in [0.717, 1.165) is 61.9 Å². The monoisotopic (exact) mass is 683 g/mol. The zero-order valence-corrected chi connectivity index (χ0v) is 29.9. The molecular weight excluding hydrogens is 647 g/mol. The van der Waals surface area contributed by atoms with E-state index in [1.54, 1.807) is 0 Å². The van der Waals surface area contributed by atoms with Crippen LogP contribution in [-0.2, 0) is 5.41 Å². The number of nitrogens with zero attached hydrogens (tertiary/aromatic N) is 5. The van der Waals surface area contributed by atoms with Gasteiger partial charge in [0.2, 0.25) is 0 Å². The average Bonchev–Trinajstić information content (AvgIpc) is 3.89. The van der Waals surface area contributed by atoms with E-state index in [2.05, 4.69) is 204 Å². The number of fused-ring (bicyclic) bond motifs is 6. The van der Waals surface area contributed by atoms with Crippen molar-refractivity contribution >= 4 is 43.6 Å². The van der Waals surface area contributed by atoms with Gasteiger partial charge in [-0.2, -0.15) is 0 Å². The fraction of sp³-hybridized carbons (Fsp3) is 0.0833. The van der Waals surface area contributed by atoms with E-state index in [4.69, 9.17) is 10.2 Å². The molecule has 0 saturated carbocycles. The van der Waals surface area contributed by atoms with E-state index in [1.165, 1.54) is 27.1 Å². The zero-order chi connectivity index (χ0) is 35.7. The van der Waals surface area contributed by atoms with Crippen molar-refractivity contribution < 1.29 is 0 Å². The van der Waals surface area contributed by atoms with Gasteiger partial charge in [0.1, 0.15) is 0 Å². The van der Waals surface area contributed by atoms with Crippen LogP contribution in [0.1, 0.15) is 26.3 Å². The second kappa shape index (κ2) is 11.9. The summed E-state index contributed by atoms with van der Waals surface area (Å²) >= 11 is 0. The first kappa shape index (κ1) is 31.1. The second-order valence-corrected chi connectivity index (χ2v) is 14.8. The second-order valence-electron chi connectivity index (χ2n) is 14.8. The molecule has 3 heterocycles. The fourth-order valence-electron chi connectivity index (χ4n) is 7.98. The van der Waals surface area contributed by atoms with Crippen LogP contribution in [0.15, 0.2) is 170 Å². The summed E-state index contributed by atoms with van der Waals surface area (Å²) in [5, 5.41) is 14.8. The molecule has 0 saturated heterocycles. The molecule has 0 amide bonds. The normalized spacial score (nSPS) is 12.1. The molecular formula is C48H37N5. The van der Waals surface area contributed by atoms with Gasteiger partial charge < -0.3 is 9.13 Å². The topological polar surface area (TPSA) is 40.6 Å². The Kier molecular flexibility index (Phi) is 6.99. The Hall–Kier alpha value is -6.72. The van der Waals surface area contributed by atoms with Gasteiger partial charge >= 0.3 is 0 Å². The van der Waals surface area contributed by atoms with Gasteiger partial charge in [0.25, 0.3) is 0 Å². The van der Waals surface area contributed by atoms with Crippen molar-refractivity contribution in [3.05, 3.63) is 175 Å². The Morgan fingerprint density at radius 1 is 0.358 bits per heavy atom. The van der Waals surface area contributed by atoms with Crippen LogP contribution in [0.5, 0.6) is 0 Å². The van der Waals surface area contributed by atoms with Crippen LogP contribution in [0.25, 0.3) is 83.4 Å². The lowest BCUT2D eigenvalue weighted by molar-refractivity contribution is 0.590. The summed E-state index contributed by atoms with van der Waals surface area (Å²) in [4.78, 5) is 0. The van der Waals surface area contributed by atoms with Crippen molar-refractivity contribution in [1.29, 1.82) is 0 Å². The molecule has 254 valence electrons. The number of hydrogen-bond donors (Lipinski definition) is 0. The predicted octanol–water partition coefficient (Wildman–Crippen LogP) is 12.1. The quantitative estimate of drug-likeness (QED) is 0.181. The first-order chi connectivity index (χ1) is 25.9. The van der Waals surface area contributed by atoms with Crippen molar-refractivity contribution in [1.82, 2.24) is 23.9 Å². The predicted molar refractivity (Wildman–Crippen MR) is 220 cm³/mol. The highest BCUT2D eigenvalue weighted by Gasteiger charge is 2.22. The third-order valence-electron chi connectivity index (χ3n) is 10.5. The molecule has 0 bridgehead atoms. The van der Waals surface area contributed by atoms with Gasteiger partial charge in [-0.1, -0.05) is 136 Å². The average molecular weight is 684 g/mol. The van der Waals surface area contributed by atoms with Crippen LogP contribution in [0.3, 0.4) is 0 Å². The molecule has 5 nitrogen and oxygen atoms in total. The first-order valence-corrected chi connectivity index (χ1v) is 18.2. The first-order valence-electron chi connectivity index (χ1n) is 18.2. The van der Waals surface area contributed by atoms with Gasteiger partial charge in [0, 0.05) is 49.7 Å². The molecule has 5 heteroatoms. The molecule has 0 aliphatic heterocycles. The molecule has 3 aromatic heterocycles. The number of rotatable bonds is 5. The smallest absolute Gasteiger partial charge is 0.169 e. The highest BCUT2D eigenvalue weighted by atomic mass is 15.3. The number of hydrogen-bond acceptors (Lipinski definition) is 2. The fourth-order valence-corrected chi connectivity index (χ4v) is 7.98. The van der Waals surface area contributed by atoms with E-state index in [9.17, 15) is 0 Å². The Labute approximate surface area is 308 Å². The highest BCUT2D eigenvalue weighted by Crippen LogP contribution is 2.39. The molecule has 0 spiro atoms. The molecule has 0 N–H and O–H groups in total. The van der Waals surface area contributed by atoms with Gasteiger partial charge in [0.05, 0.1) is 22.1 Å². The maximum Gasteiger partial charge on any atom is 0.169 e. The lowest BCUT2D eigenvalue weighted by atomic mass is 9.86.